The Morgan fingerprint density at radius 2 is 1.65 bits per heavy atom. The van der Waals surface area contributed by atoms with Gasteiger partial charge in [-0.2, -0.15) is 0 Å². The maximum absolute atomic E-state index is 12.7. The monoisotopic (exact) mass is 440 g/mol. The van der Waals surface area contributed by atoms with Gasteiger partial charge in [-0.05, 0) is 52.4 Å². The van der Waals surface area contributed by atoms with Gasteiger partial charge in [-0.25, -0.2) is 4.79 Å². The number of aliphatic hydroxyl groups is 2. The predicted molar refractivity (Wildman–Crippen MR) is 121 cm³/mol. The topological polar surface area (TPSA) is 108 Å². The Bertz CT molecular complexity index is 577. The van der Waals surface area contributed by atoms with Crippen molar-refractivity contribution < 1.29 is 24.5 Å². The highest BCUT2D eigenvalue weighted by Crippen LogP contribution is 2.38. The molecule has 2 aliphatic carbocycles. The molecule has 7 heteroatoms. The predicted octanol–water partition coefficient (Wildman–Crippen LogP) is 3.66. The van der Waals surface area contributed by atoms with E-state index in [4.69, 9.17) is 4.74 Å². The second kappa shape index (κ2) is 11.5. The van der Waals surface area contributed by atoms with E-state index >= 15 is 0 Å². The fourth-order valence-electron chi connectivity index (χ4n) is 5.22. The van der Waals surface area contributed by atoms with E-state index in [-0.39, 0.29) is 12.3 Å². The lowest BCUT2D eigenvalue weighted by molar-refractivity contribution is -0.140. The highest BCUT2D eigenvalue weighted by Gasteiger charge is 2.44. The smallest absolute Gasteiger partial charge is 0.407 e. The van der Waals surface area contributed by atoms with Crippen LogP contribution in [-0.2, 0) is 9.53 Å². The van der Waals surface area contributed by atoms with E-state index in [1.807, 2.05) is 0 Å². The molecule has 2 saturated carbocycles. The van der Waals surface area contributed by atoms with Crippen molar-refractivity contribution in [3.63, 3.8) is 0 Å². The fourth-order valence-corrected chi connectivity index (χ4v) is 5.22. The van der Waals surface area contributed by atoms with Crippen LogP contribution in [0.25, 0.3) is 0 Å². The summed E-state index contributed by atoms with van der Waals surface area (Å²) in [5, 5.41) is 28.0. The van der Waals surface area contributed by atoms with Crippen LogP contribution in [-0.4, -0.2) is 52.6 Å². The Morgan fingerprint density at radius 3 is 2.19 bits per heavy atom. The van der Waals surface area contributed by atoms with Gasteiger partial charge in [0.15, 0.2) is 0 Å². The van der Waals surface area contributed by atoms with Crippen LogP contribution in [0.2, 0.25) is 0 Å². The SMILES string of the molecule is CNC(=O)C(CC(O)C(CC1CCCCC1)NC(=O)OC(C)(C)C)C1(O)CCCCC1. The molecule has 0 aliphatic heterocycles. The molecule has 0 aromatic carbocycles. The minimum absolute atomic E-state index is 0.114. The first-order valence-electron chi connectivity index (χ1n) is 12.2. The molecule has 2 aliphatic rings. The molecule has 0 aromatic heterocycles. The first-order valence-corrected chi connectivity index (χ1v) is 12.2. The van der Waals surface area contributed by atoms with Crippen molar-refractivity contribution in [2.24, 2.45) is 11.8 Å². The van der Waals surface area contributed by atoms with Crippen LogP contribution in [0.15, 0.2) is 0 Å². The van der Waals surface area contributed by atoms with Crippen molar-refractivity contribution in [3.8, 4) is 0 Å². The molecular weight excluding hydrogens is 396 g/mol. The molecule has 2 amide bonds. The van der Waals surface area contributed by atoms with Crippen molar-refractivity contribution in [2.75, 3.05) is 7.05 Å². The highest BCUT2D eigenvalue weighted by molar-refractivity contribution is 5.79. The third-order valence-corrected chi connectivity index (χ3v) is 6.89. The van der Waals surface area contributed by atoms with E-state index in [9.17, 15) is 19.8 Å². The molecule has 4 N–H and O–H groups in total. The lowest BCUT2D eigenvalue weighted by atomic mass is 9.72. The van der Waals surface area contributed by atoms with E-state index < -0.39 is 35.4 Å². The first kappa shape index (κ1) is 25.9. The Hall–Kier alpha value is -1.34. The van der Waals surface area contributed by atoms with Crippen LogP contribution in [0.1, 0.15) is 97.8 Å². The molecule has 3 atom stereocenters. The standard InChI is InChI=1S/C24H44N2O5/c1-23(2,3)31-22(29)26-19(15-17-11-7-5-8-12-17)20(27)16-18(21(28)25-4)24(30)13-9-6-10-14-24/h17-20,27,30H,5-16H2,1-4H3,(H,25,28)(H,26,29). The molecule has 0 heterocycles. The van der Waals surface area contributed by atoms with Gasteiger partial charge in [-0.1, -0.05) is 51.4 Å². The molecular formula is C24H44N2O5. The molecule has 0 aromatic rings. The lowest BCUT2D eigenvalue weighted by Crippen LogP contribution is -2.52. The summed E-state index contributed by atoms with van der Waals surface area (Å²) in [5.41, 5.74) is -1.74. The zero-order chi connectivity index (χ0) is 23.1. The Kier molecular flexibility index (Phi) is 9.62. The summed E-state index contributed by atoms with van der Waals surface area (Å²) in [6, 6.07) is -0.516. The van der Waals surface area contributed by atoms with Crippen LogP contribution < -0.4 is 10.6 Å². The largest absolute Gasteiger partial charge is 0.444 e. The lowest BCUT2D eigenvalue weighted by Gasteiger charge is -2.40. The van der Waals surface area contributed by atoms with Gasteiger partial charge in [0.05, 0.1) is 23.7 Å². The van der Waals surface area contributed by atoms with Crippen LogP contribution in [0, 0.1) is 11.8 Å². The number of carbonyl (C=O) groups is 2. The minimum Gasteiger partial charge on any atom is -0.444 e. The van der Waals surface area contributed by atoms with Gasteiger partial charge in [0.2, 0.25) is 5.91 Å². The number of hydrogen-bond acceptors (Lipinski definition) is 5. The van der Waals surface area contributed by atoms with Gasteiger partial charge in [-0.3, -0.25) is 4.79 Å². The molecule has 0 radical (unpaired) electrons. The van der Waals surface area contributed by atoms with Crippen LogP contribution in [0.5, 0.6) is 0 Å². The number of nitrogens with one attached hydrogen (secondary N) is 2. The molecule has 180 valence electrons. The summed E-state index contributed by atoms with van der Waals surface area (Å²) in [7, 11) is 1.56. The molecule has 0 bridgehead atoms. The number of ether oxygens (including phenoxy) is 1. The minimum atomic E-state index is -1.11. The molecule has 0 saturated heterocycles. The quantitative estimate of drug-likeness (QED) is 0.461. The van der Waals surface area contributed by atoms with Gasteiger partial charge in [-0.15, -0.1) is 0 Å². The average Bonchev–Trinajstić information content (AvgIpc) is 2.70. The van der Waals surface area contributed by atoms with Crippen molar-refractivity contribution in [1.82, 2.24) is 10.6 Å². The second-order valence-electron chi connectivity index (χ2n) is 10.6. The molecule has 7 nitrogen and oxygen atoms in total. The zero-order valence-corrected chi connectivity index (χ0v) is 19.9. The van der Waals surface area contributed by atoms with E-state index in [1.165, 1.54) is 19.3 Å². The van der Waals surface area contributed by atoms with Crippen molar-refractivity contribution >= 4 is 12.0 Å². The van der Waals surface area contributed by atoms with Gasteiger partial charge in [0.25, 0.3) is 0 Å². The molecule has 31 heavy (non-hydrogen) atoms. The van der Waals surface area contributed by atoms with E-state index in [0.717, 1.165) is 32.1 Å². The summed E-state index contributed by atoms with van der Waals surface area (Å²) in [4.78, 5) is 25.2. The Morgan fingerprint density at radius 1 is 1.06 bits per heavy atom. The summed E-state index contributed by atoms with van der Waals surface area (Å²) in [6.45, 7) is 5.41. The van der Waals surface area contributed by atoms with E-state index in [0.29, 0.717) is 25.2 Å². The average molecular weight is 441 g/mol. The molecule has 0 spiro atoms. The number of amides is 2. The number of aliphatic hydroxyl groups excluding tert-OH is 1. The first-order chi connectivity index (χ1) is 14.5. The second-order valence-corrected chi connectivity index (χ2v) is 10.6. The Balaban J connectivity index is 2.14. The van der Waals surface area contributed by atoms with Gasteiger partial charge >= 0.3 is 6.09 Å². The van der Waals surface area contributed by atoms with Gasteiger partial charge in [0, 0.05) is 7.05 Å². The van der Waals surface area contributed by atoms with Gasteiger partial charge < -0.3 is 25.6 Å². The number of alkyl carbamates (subject to hydrolysis) is 1. The normalized spacial score (nSPS) is 22.8. The highest BCUT2D eigenvalue weighted by atomic mass is 16.6. The van der Waals surface area contributed by atoms with Crippen LogP contribution >= 0.6 is 0 Å². The maximum atomic E-state index is 12.7. The number of hydrogen-bond donors (Lipinski definition) is 4. The van der Waals surface area contributed by atoms with Crippen LogP contribution in [0.4, 0.5) is 4.79 Å². The van der Waals surface area contributed by atoms with E-state index in [2.05, 4.69) is 10.6 Å². The van der Waals surface area contributed by atoms with E-state index in [1.54, 1.807) is 27.8 Å². The Labute approximate surface area is 187 Å². The number of rotatable bonds is 8. The summed E-state index contributed by atoms with van der Waals surface area (Å²) >= 11 is 0. The van der Waals surface area contributed by atoms with Crippen molar-refractivity contribution in [3.05, 3.63) is 0 Å². The van der Waals surface area contributed by atoms with Crippen LogP contribution in [0.3, 0.4) is 0 Å². The summed E-state index contributed by atoms with van der Waals surface area (Å²) < 4.78 is 5.43. The van der Waals surface area contributed by atoms with Crippen molar-refractivity contribution in [2.45, 2.75) is 121 Å². The molecule has 2 rings (SSSR count). The zero-order valence-electron chi connectivity index (χ0n) is 19.9. The summed E-state index contributed by atoms with van der Waals surface area (Å²) in [5.74, 6) is -0.529. The fraction of sp³-hybridized carbons (Fsp3) is 0.917. The third-order valence-electron chi connectivity index (χ3n) is 6.89. The molecule has 3 unspecified atom stereocenters. The van der Waals surface area contributed by atoms with Crippen molar-refractivity contribution in [1.29, 1.82) is 0 Å². The number of carbonyl (C=O) groups excluding carboxylic acids is 2. The van der Waals surface area contributed by atoms with Gasteiger partial charge in [0.1, 0.15) is 5.60 Å². The molecule has 2 fully saturated rings. The maximum Gasteiger partial charge on any atom is 0.407 e. The summed E-state index contributed by atoms with van der Waals surface area (Å²) in [6.07, 6.45) is 8.93. The third kappa shape index (κ3) is 8.26.